The quantitative estimate of drug-likeness (QED) is 0.813. The molecule has 3 rings (SSSR count). The van der Waals surface area contributed by atoms with Crippen LogP contribution in [0.4, 0.5) is 0 Å². The molecule has 0 radical (unpaired) electrons. The van der Waals surface area contributed by atoms with Crippen LogP contribution in [0, 0.1) is 0 Å². The summed E-state index contributed by atoms with van der Waals surface area (Å²) in [5, 5.41) is 0. The molecule has 0 spiro atoms. The van der Waals surface area contributed by atoms with Gasteiger partial charge in [-0.05, 0) is 67.0 Å². The molecule has 0 amide bonds. The first-order valence-corrected chi connectivity index (χ1v) is 7.93. The number of nitrogens with one attached hydrogen (secondary N) is 1. The number of rotatable bonds is 3. The first-order valence-electron chi connectivity index (χ1n) is 7.14. The molecule has 1 N–H and O–H groups in total. The highest BCUT2D eigenvalue weighted by Crippen LogP contribution is 2.29. The number of para-hydroxylation sites is 1. The van der Waals surface area contributed by atoms with Crippen LogP contribution in [0.1, 0.15) is 37.9 Å². The summed E-state index contributed by atoms with van der Waals surface area (Å²) >= 11 is 3.57. The van der Waals surface area contributed by atoms with Gasteiger partial charge in [0.2, 0.25) is 0 Å². The smallest absolute Gasteiger partial charge is 0.110 e. The molecule has 118 valence electrons. The molecule has 0 bridgehead atoms. The zero-order valence-corrected chi connectivity index (χ0v) is 15.4. The highest BCUT2D eigenvalue weighted by Gasteiger charge is 2.22. The van der Waals surface area contributed by atoms with Crippen molar-refractivity contribution >= 4 is 51.8 Å². The summed E-state index contributed by atoms with van der Waals surface area (Å²) in [5.41, 5.74) is 2.20. The van der Waals surface area contributed by atoms with E-state index in [9.17, 15) is 0 Å². The number of fused-ring (bicyclic) bond motifs is 1. The van der Waals surface area contributed by atoms with Crippen LogP contribution in [0.5, 0.6) is 0 Å². The molecule has 1 saturated heterocycles. The number of likely N-dealkylation sites (tertiary alicyclic amines) is 1. The summed E-state index contributed by atoms with van der Waals surface area (Å²) in [6.07, 6.45) is 3.69. The second-order valence-corrected chi connectivity index (χ2v) is 6.23. The monoisotopic (exact) mass is 393 g/mol. The molecule has 3 nitrogen and oxygen atoms in total. The summed E-state index contributed by atoms with van der Waals surface area (Å²) < 4.78 is 1.08. The molecule has 1 aromatic heterocycles. The van der Waals surface area contributed by atoms with Crippen molar-refractivity contribution in [3.63, 3.8) is 0 Å². The number of benzene rings is 1. The molecule has 0 aliphatic carbocycles. The van der Waals surface area contributed by atoms with E-state index in [0.29, 0.717) is 5.92 Å². The van der Waals surface area contributed by atoms with E-state index in [2.05, 4.69) is 50.9 Å². The van der Waals surface area contributed by atoms with Crippen LogP contribution < -0.4 is 0 Å². The molecular weight excluding hydrogens is 373 g/mol. The van der Waals surface area contributed by atoms with Crippen LogP contribution in [0.3, 0.4) is 0 Å². The van der Waals surface area contributed by atoms with Crippen molar-refractivity contribution in [2.24, 2.45) is 0 Å². The molecule has 21 heavy (non-hydrogen) atoms. The topological polar surface area (TPSA) is 31.9 Å². The summed E-state index contributed by atoms with van der Waals surface area (Å²) in [4.78, 5) is 10.8. The fourth-order valence-electron chi connectivity index (χ4n) is 2.96. The van der Waals surface area contributed by atoms with Gasteiger partial charge in [-0.25, -0.2) is 4.98 Å². The minimum Gasteiger partial charge on any atom is -0.342 e. The molecule has 1 fully saturated rings. The maximum atomic E-state index is 4.79. The highest BCUT2D eigenvalue weighted by molar-refractivity contribution is 9.10. The van der Waals surface area contributed by atoms with Gasteiger partial charge >= 0.3 is 0 Å². The number of halogens is 3. The molecule has 1 aromatic carbocycles. The Morgan fingerprint density at radius 3 is 2.62 bits per heavy atom. The Hall–Kier alpha value is -0.290. The van der Waals surface area contributed by atoms with Crippen LogP contribution in [0.25, 0.3) is 11.0 Å². The van der Waals surface area contributed by atoms with Crippen LogP contribution in [-0.4, -0.2) is 34.5 Å². The van der Waals surface area contributed by atoms with Gasteiger partial charge in [0.25, 0.3) is 0 Å². The molecule has 2 heterocycles. The number of H-pyrrole nitrogens is 1. The minimum atomic E-state index is 0. The fraction of sp³-hybridized carbons (Fsp3) is 0.533. The van der Waals surface area contributed by atoms with Crippen LogP contribution >= 0.6 is 40.7 Å². The lowest BCUT2D eigenvalue weighted by Gasteiger charge is -2.30. The molecule has 2 aromatic rings. The van der Waals surface area contributed by atoms with Crippen LogP contribution in [0.15, 0.2) is 22.7 Å². The van der Waals surface area contributed by atoms with Crippen molar-refractivity contribution in [1.82, 2.24) is 14.9 Å². The van der Waals surface area contributed by atoms with Gasteiger partial charge in [0.15, 0.2) is 0 Å². The SMILES string of the molecule is CCCN1CCC(c2nc3c(Br)cccc3[nH]2)CC1.Cl.Cl. The maximum absolute atomic E-state index is 4.79. The van der Waals surface area contributed by atoms with Gasteiger partial charge in [0.1, 0.15) is 11.3 Å². The average molecular weight is 395 g/mol. The number of aromatic amines is 1. The lowest BCUT2D eigenvalue weighted by atomic mass is 9.96. The number of piperidine rings is 1. The van der Waals surface area contributed by atoms with Gasteiger partial charge in [0.05, 0.1) is 5.52 Å². The van der Waals surface area contributed by atoms with E-state index < -0.39 is 0 Å². The first kappa shape index (κ1) is 18.8. The van der Waals surface area contributed by atoms with E-state index in [1.165, 1.54) is 38.9 Å². The summed E-state index contributed by atoms with van der Waals surface area (Å²) in [6.45, 7) is 5.90. The van der Waals surface area contributed by atoms with Gasteiger partial charge in [-0.15, -0.1) is 24.8 Å². The predicted molar refractivity (Wildman–Crippen MR) is 97.0 cm³/mol. The molecule has 0 saturated carbocycles. The average Bonchev–Trinajstić information content (AvgIpc) is 2.85. The number of aromatic nitrogens is 2. The molecule has 0 atom stereocenters. The Labute approximate surface area is 146 Å². The second-order valence-electron chi connectivity index (χ2n) is 5.37. The van der Waals surface area contributed by atoms with Crippen molar-refractivity contribution in [2.45, 2.75) is 32.1 Å². The highest BCUT2D eigenvalue weighted by atomic mass is 79.9. The van der Waals surface area contributed by atoms with Crippen LogP contribution in [-0.2, 0) is 0 Å². The third-order valence-electron chi connectivity index (χ3n) is 4.00. The van der Waals surface area contributed by atoms with Crippen LogP contribution in [0.2, 0.25) is 0 Å². The molecule has 6 heteroatoms. The van der Waals surface area contributed by atoms with Crippen molar-refractivity contribution in [1.29, 1.82) is 0 Å². The predicted octanol–water partition coefficient (Wildman–Crippen LogP) is 4.76. The van der Waals surface area contributed by atoms with Gasteiger partial charge in [-0.1, -0.05) is 13.0 Å². The maximum Gasteiger partial charge on any atom is 0.110 e. The van der Waals surface area contributed by atoms with Crippen molar-refractivity contribution < 1.29 is 0 Å². The van der Waals surface area contributed by atoms with Gasteiger partial charge in [-0.3, -0.25) is 0 Å². The Morgan fingerprint density at radius 2 is 2.00 bits per heavy atom. The summed E-state index contributed by atoms with van der Waals surface area (Å²) in [6, 6.07) is 6.21. The normalized spacial score (nSPS) is 16.5. The van der Waals surface area contributed by atoms with E-state index in [0.717, 1.165) is 21.3 Å². The Kier molecular flexibility index (Phi) is 7.48. The van der Waals surface area contributed by atoms with E-state index >= 15 is 0 Å². The lowest BCUT2D eigenvalue weighted by molar-refractivity contribution is 0.210. The number of hydrogen-bond donors (Lipinski definition) is 1. The van der Waals surface area contributed by atoms with Gasteiger partial charge in [0, 0.05) is 10.4 Å². The molecule has 1 aliphatic rings. The minimum absolute atomic E-state index is 0. The summed E-state index contributed by atoms with van der Waals surface area (Å²) in [5.74, 6) is 1.76. The van der Waals surface area contributed by atoms with Crippen molar-refractivity contribution in [3.8, 4) is 0 Å². The Bertz CT molecular complexity index is 565. The Balaban J connectivity index is 0.00000110. The van der Waals surface area contributed by atoms with Gasteiger partial charge in [-0.2, -0.15) is 0 Å². The Morgan fingerprint density at radius 1 is 1.29 bits per heavy atom. The lowest BCUT2D eigenvalue weighted by Crippen LogP contribution is -2.33. The fourth-order valence-corrected chi connectivity index (χ4v) is 3.41. The van der Waals surface area contributed by atoms with E-state index in [4.69, 9.17) is 4.98 Å². The molecular formula is C15H22BrCl2N3. The zero-order chi connectivity index (χ0) is 13.2. The second kappa shape index (κ2) is 8.37. The van der Waals surface area contributed by atoms with E-state index in [1.54, 1.807) is 0 Å². The molecule has 0 unspecified atom stereocenters. The summed E-state index contributed by atoms with van der Waals surface area (Å²) in [7, 11) is 0. The van der Waals surface area contributed by atoms with Gasteiger partial charge < -0.3 is 9.88 Å². The van der Waals surface area contributed by atoms with E-state index in [-0.39, 0.29) is 24.8 Å². The largest absolute Gasteiger partial charge is 0.342 e. The first-order chi connectivity index (χ1) is 9.28. The number of imidazole rings is 1. The van der Waals surface area contributed by atoms with Crippen molar-refractivity contribution in [2.75, 3.05) is 19.6 Å². The van der Waals surface area contributed by atoms with E-state index in [1.807, 2.05) is 0 Å². The standard InChI is InChI=1S/C15H20BrN3.2ClH/c1-2-8-19-9-6-11(7-10-19)15-17-13-5-3-4-12(16)14(13)18-15;;/h3-5,11H,2,6-10H2,1H3,(H,17,18);2*1H. The zero-order valence-electron chi connectivity index (χ0n) is 12.1. The third-order valence-corrected chi connectivity index (χ3v) is 4.64. The third kappa shape index (κ3) is 4.13. The van der Waals surface area contributed by atoms with Crippen molar-refractivity contribution in [3.05, 3.63) is 28.5 Å². The molecule has 1 aliphatic heterocycles. The number of hydrogen-bond acceptors (Lipinski definition) is 2. The number of nitrogens with zero attached hydrogens (tertiary/aromatic N) is 2.